The number of aromatic nitrogens is 2. The average molecular weight is 351 g/mol. The number of hydrogen-bond acceptors (Lipinski definition) is 4. The number of fused-ring (bicyclic) bond motifs is 1. The highest BCUT2D eigenvalue weighted by molar-refractivity contribution is 5.80. The number of rotatable bonds is 5. The lowest BCUT2D eigenvalue weighted by Gasteiger charge is -2.25. The molecular formula is C20H21N3O3. The molecule has 0 spiro atoms. The highest BCUT2D eigenvalue weighted by atomic mass is 16.4. The van der Waals surface area contributed by atoms with Gasteiger partial charge in [-0.15, -0.1) is 0 Å². The minimum absolute atomic E-state index is 0.0177. The molecule has 134 valence electrons. The third kappa shape index (κ3) is 3.27. The summed E-state index contributed by atoms with van der Waals surface area (Å²) in [5.41, 5.74) is 2.41. The third-order valence-electron chi connectivity index (χ3n) is 5.08. The Hall–Kier alpha value is -2.89. The van der Waals surface area contributed by atoms with Crippen molar-refractivity contribution >= 4 is 17.0 Å². The lowest BCUT2D eigenvalue weighted by Crippen LogP contribution is -2.39. The summed E-state index contributed by atoms with van der Waals surface area (Å²) in [5, 5.41) is 0. The van der Waals surface area contributed by atoms with Crippen molar-refractivity contribution < 1.29 is 9.21 Å². The molecule has 6 nitrogen and oxygen atoms in total. The number of hydrogen-bond donors (Lipinski definition) is 0. The quantitative estimate of drug-likeness (QED) is 0.709. The first-order chi connectivity index (χ1) is 12.7. The molecule has 3 heterocycles. The Labute approximate surface area is 151 Å². The van der Waals surface area contributed by atoms with Crippen LogP contribution in [-0.4, -0.2) is 32.9 Å². The van der Waals surface area contributed by atoms with Gasteiger partial charge in [0.1, 0.15) is 6.54 Å². The van der Waals surface area contributed by atoms with E-state index in [0.717, 1.165) is 32.2 Å². The largest absolute Gasteiger partial charge is 0.420 e. The molecule has 6 heteroatoms. The Morgan fingerprint density at radius 2 is 2.00 bits per heavy atom. The van der Waals surface area contributed by atoms with E-state index in [1.165, 1.54) is 10.1 Å². The van der Waals surface area contributed by atoms with E-state index < -0.39 is 5.76 Å². The number of oxazole rings is 1. The predicted octanol–water partition coefficient (Wildman–Crippen LogP) is 2.61. The number of likely N-dealkylation sites (tertiary alicyclic amines) is 1. The summed E-state index contributed by atoms with van der Waals surface area (Å²) in [6.45, 7) is 0.784. The second kappa shape index (κ2) is 7.15. The van der Waals surface area contributed by atoms with Crippen LogP contribution in [-0.2, 0) is 17.8 Å². The van der Waals surface area contributed by atoms with Crippen molar-refractivity contribution in [2.24, 2.45) is 0 Å². The zero-order valence-electron chi connectivity index (χ0n) is 14.5. The first-order valence-electron chi connectivity index (χ1n) is 8.99. The van der Waals surface area contributed by atoms with Gasteiger partial charge in [0.05, 0.1) is 5.52 Å². The van der Waals surface area contributed by atoms with Crippen LogP contribution in [0.15, 0.2) is 58.0 Å². The zero-order chi connectivity index (χ0) is 17.9. The Morgan fingerprint density at radius 3 is 2.85 bits per heavy atom. The summed E-state index contributed by atoms with van der Waals surface area (Å²) >= 11 is 0. The van der Waals surface area contributed by atoms with Gasteiger partial charge in [-0.3, -0.25) is 14.3 Å². The fourth-order valence-corrected chi connectivity index (χ4v) is 3.74. The zero-order valence-corrected chi connectivity index (χ0v) is 14.5. The number of para-hydroxylation sites is 2. The highest BCUT2D eigenvalue weighted by Gasteiger charge is 2.29. The van der Waals surface area contributed by atoms with Crippen molar-refractivity contribution in [3.05, 3.63) is 64.9 Å². The molecular weight excluding hydrogens is 330 g/mol. The van der Waals surface area contributed by atoms with Crippen molar-refractivity contribution in [1.29, 1.82) is 0 Å². The summed E-state index contributed by atoms with van der Waals surface area (Å²) in [7, 11) is 0. The van der Waals surface area contributed by atoms with Gasteiger partial charge in [-0.1, -0.05) is 12.1 Å². The summed E-state index contributed by atoms with van der Waals surface area (Å²) < 4.78 is 6.65. The Kier molecular flexibility index (Phi) is 4.56. The van der Waals surface area contributed by atoms with E-state index in [1.807, 2.05) is 29.2 Å². The van der Waals surface area contributed by atoms with Gasteiger partial charge >= 0.3 is 5.76 Å². The molecule has 1 unspecified atom stereocenters. The molecule has 1 aromatic carbocycles. The molecule has 0 saturated carbocycles. The van der Waals surface area contributed by atoms with Crippen LogP contribution < -0.4 is 5.76 Å². The van der Waals surface area contributed by atoms with Crippen molar-refractivity contribution in [2.45, 2.75) is 38.3 Å². The Morgan fingerprint density at radius 1 is 1.19 bits per heavy atom. The van der Waals surface area contributed by atoms with E-state index in [4.69, 9.17) is 4.42 Å². The molecule has 26 heavy (non-hydrogen) atoms. The van der Waals surface area contributed by atoms with Crippen molar-refractivity contribution in [1.82, 2.24) is 14.5 Å². The number of amides is 1. The van der Waals surface area contributed by atoms with Gasteiger partial charge in [0.25, 0.3) is 0 Å². The summed E-state index contributed by atoms with van der Waals surface area (Å²) in [6, 6.07) is 11.4. The maximum atomic E-state index is 12.8. The molecule has 0 radical (unpaired) electrons. The molecule has 1 aliphatic rings. The molecule has 1 aliphatic heterocycles. The number of carbonyl (C=O) groups is 1. The van der Waals surface area contributed by atoms with Gasteiger partial charge in [-0.05, 0) is 55.5 Å². The van der Waals surface area contributed by atoms with Gasteiger partial charge in [0.2, 0.25) is 5.91 Å². The normalized spacial score (nSPS) is 17.1. The standard InChI is InChI=1S/C20H21N3O3/c24-19(14-23-17-5-1-2-6-18(17)26-20(23)25)22-13-3-4-16(22)8-7-15-9-11-21-12-10-15/h1-2,5-6,9-12,16H,3-4,7-8,13-14H2. The fraction of sp³-hybridized carbons (Fsp3) is 0.350. The second-order valence-corrected chi connectivity index (χ2v) is 6.70. The summed E-state index contributed by atoms with van der Waals surface area (Å²) in [5.74, 6) is -0.497. The SMILES string of the molecule is O=C(Cn1c(=O)oc2ccccc21)N1CCCC1CCc1ccncc1. The number of nitrogens with zero attached hydrogens (tertiary/aromatic N) is 3. The molecule has 3 aromatic rings. The van der Waals surface area contributed by atoms with Crippen LogP contribution in [0.1, 0.15) is 24.8 Å². The Bertz CT molecular complexity index is 961. The smallest absolute Gasteiger partial charge is 0.408 e. The average Bonchev–Trinajstić information content (AvgIpc) is 3.26. The van der Waals surface area contributed by atoms with Crippen LogP contribution in [0, 0.1) is 0 Å². The van der Waals surface area contributed by atoms with Crippen LogP contribution in [0.4, 0.5) is 0 Å². The van der Waals surface area contributed by atoms with Crippen molar-refractivity contribution in [3.63, 3.8) is 0 Å². The molecule has 4 rings (SSSR count). The van der Waals surface area contributed by atoms with Crippen molar-refractivity contribution in [2.75, 3.05) is 6.54 Å². The van der Waals surface area contributed by atoms with Gasteiger partial charge in [0, 0.05) is 25.0 Å². The first kappa shape index (κ1) is 16.6. The predicted molar refractivity (Wildman–Crippen MR) is 97.8 cm³/mol. The van der Waals surface area contributed by atoms with Crippen LogP contribution in [0.25, 0.3) is 11.1 Å². The molecule has 1 fully saturated rings. The van der Waals surface area contributed by atoms with Crippen molar-refractivity contribution in [3.8, 4) is 0 Å². The van der Waals surface area contributed by atoms with E-state index in [9.17, 15) is 9.59 Å². The van der Waals surface area contributed by atoms with Gasteiger partial charge in [-0.2, -0.15) is 0 Å². The number of benzene rings is 1. The first-order valence-corrected chi connectivity index (χ1v) is 8.99. The molecule has 1 saturated heterocycles. The fourth-order valence-electron chi connectivity index (χ4n) is 3.74. The van der Waals surface area contributed by atoms with Gasteiger partial charge in [0.15, 0.2) is 5.58 Å². The minimum atomic E-state index is -0.480. The number of carbonyl (C=O) groups excluding carboxylic acids is 1. The molecule has 1 atom stereocenters. The van der Waals surface area contributed by atoms with Crippen LogP contribution >= 0.6 is 0 Å². The summed E-state index contributed by atoms with van der Waals surface area (Å²) in [6.07, 6.45) is 7.46. The van der Waals surface area contributed by atoms with Crippen LogP contribution in [0.5, 0.6) is 0 Å². The second-order valence-electron chi connectivity index (χ2n) is 6.70. The molecule has 1 amide bonds. The molecule has 0 aliphatic carbocycles. The van der Waals surface area contributed by atoms with Crippen LogP contribution in [0.2, 0.25) is 0 Å². The van der Waals surface area contributed by atoms with E-state index in [-0.39, 0.29) is 18.5 Å². The number of pyridine rings is 1. The minimum Gasteiger partial charge on any atom is -0.408 e. The topological polar surface area (TPSA) is 68.3 Å². The van der Waals surface area contributed by atoms with E-state index >= 15 is 0 Å². The van der Waals surface area contributed by atoms with E-state index in [2.05, 4.69) is 4.98 Å². The number of aryl methyl sites for hydroxylation is 1. The summed E-state index contributed by atoms with van der Waals surface area (Å²) in [4.78, 5) is 30.9. The third-order valence-corrected chi connectivity index (χ3v) is 5.08. The highest BCUT2D eigenvalue weighted by Crippen LogP contribution is 2.23. The van der Waals surface area contributed by atoms with E-state index in [1.54, 1.807) is 24.5 Å². The van der Waals surface area contributed by atoms with E-state index in [0.29, 0.717) is 11.1 Å². The molecule has 0 N–H and O–H groups in total. The Balaban J connectivity index is 1.46. The monoisotopic (exact) mass is 351 g/mol. The maximum Gasteiger partial charge on any atom is 0.420 e. The van der Waals surface area contributed by atoms with Crippen LogP contribution in [0.3, 0.4) is 0 Å². The lowest BCUT2D eigenvalue weighted by molar-refractivity contribution is -0.132. The lowest BCUT2D eigenvalue weighted by atomic mass is 10.0. The van der Waals surface area contributed by atoms with Gasteiger partial charge in [-0.25, -0.2) is 4.79 Å². The molecule has 2 aromatic heterocycles. The maximum absolute atomic E-state index is 12.8. The molecule has 0 bridgehead atoms. The van der Waals surface area contributed by atoms with Gasteiger partial charge < -0.3 is 9.32 Å².